The maximum Gasteiger partial charge on any atom is 0.185 e. The van der Waals surface area contributed by atoms with Gasteiger partial charge < -0.3 is 14.9 Å². The van der Waals surface area contributed by atoms with Crippen LogP contribution in [0.3, 0.4) is 0 Å². The van der Waals surface area contributed by atoms with E-state index in [1.54, 1.807) is 18.2 Å². The summed E-state index contributed by atoms with van der Waals surface area (Å²) < 4.78 is 5.22. The van der Waals surface area contributed by atoms with Crippen LogP contribution in [0.5, 0.6) is 5.75 Å². The van der Waals surface area contributed by atoms with Gasteiger partial charge in [0.15, 0.2) is 5.78 Å². The summed E-state index contributed by atoms with van der Waals surface area (Å²) in [6.07, 6.45) is 3.29. The highest BCUT2D eigenvalue weighted by Gasteiger charge is 2.13. The van der Waals surface area contributed by atoms with E-state index in [0.29, 0.717) is 22.4 Å². The average molecular weight is 326 g/mol. The molecular weight excluding hydrogens is 304 g/mol. The minimum atomic E-state index is -0.270. The van der Waals surface area contributed by atoms with Gasteiger partial charge in [0.2, 0.25) is 0 Å². The van der Waals surface area contributed by atoms with Crippen LogP contribution in [0, 0.1) is 13.8 Å². The quantitative estimate of drug-likeness (QED) is 0.632. The molecule has 0 saturated heterocycles. The zero-order chi connectivity index (χ0) is 17.7. The van der Waals surface area contributed by atoms with Crippen LogP contribution >= 0.6 is 0 Å². The maximum atomic E-state index is 12.4. The molecule has 0 atom stereocenters. The molecule has 0 aliphatic heterocycles. The average Bonchev–Trinajstić information content (AvgIpc) is 2.59. The summed E-state index contributed by atoms with van der Waals surface area (Å²) in [6, 6.07) is 9.21. The second kappa shape index (κ2) is 7.90. The number of hydrogen-bond donors (Lipinski definition) is 2. The number of ketones is 1. The van der Waals surface area contributed by atoms with E-state index in [9.17, 15) is 15.0 Å². The second-order valence-corrected chi connectivity index (χ2v) is 5.69. The smallest absolute Gasteiger partial charge is 0.185 e. The van der Waals surface area contributed by atoms with E-state index in [-0.39, 0.29) is 19.0 Å². The first-order valence-corrected chi connectivity index (χ1v) is 7.71. The summed E-state index contributed by atoms with van der Waals surface area (Å²) in [5, 5.41) is 18.9. The molecule has 4 heteroatoms. The molecule has 0 aliphatic rings. The Balaban J connectivity index is 2.34. The van der Waals surface area contributed by atoms with Crippen LogP contribution in [0.4, 0.5) is 0 Å². The molecule has 0 fully saturated rings. The lowest BCUT2D eigenvalue weighted by Crippen LogP contribution is -2.04. The molecule has 0 bridgehead atoms. The van der Waals surface area contributed by atoms with Gasteiger partial charge in [0.1, 0.15) is 5.75 Å². The van der Waals surface area contributed by atoms with E-state index in [1.807, 2.05) is 26.0 Å². The summed E-state index contributed by atoms with van der Waals surface area (Å²) in [6.45, 7) is 3.50. The molecule has 0 unspecified atom stereocenters. The first-order valence-electron chi connectivity index (χ1n) is 7.71. The molecule has 0 saturated carbocycles. The summed E-state index contributed by atoms with van der Waals surface area (Å²) in [4.78, 5) is 12.4. The minimum absolute atomic E-state index is 0.188. The van der Waals surface area contributed by atoms with Gasteiger partial charge in [-0.25, -0.2) is 0 Å². The number of allylic oxidation sites excluding steroid dienone is 1. The van der Waals surface area contributed by atoms with Crippen molar-refractivity contribution >= 4 is 11.9 Å². The Bertz CT molecular complexity index is 750. The zero-order valence-electron chi connectivity index (χ0n) is 14.2. The molecule has 2 rings (SSSR count). The van der Waals surface area contributed by atoms with Crippen LogP contribution in [0.15, 0.2) is 36.4 Å². The molecule has 2 aromatic rings. The molecule has 0 heterocycles. The van der Waals surface area contributed by atoms with Gasteiger partial charge in [-0.3, -0.25) is 4.79 Å². The van der Waals surface area contributed by atoms with E-state index in [2.05, 4.69) is 6.07 Å². The van der Waals surface area contributed by atoms with Crippen LogP contribution in [-0.4, -0.2) is 23.1 Å². The Morgan fingerprint density at radius 3 is 2.46 bits per heavy atom. The number of methoxy groups -OCH3 is 1. The van der Waals surface area contributed by atoms with E-state index >= 15 is 0 Å². The fourth-order valence-electron chi connectivity index (χ4n) is 2.62. The third-order valence-corrected chi connectivity index (χ3v) is 3.97. The maximum absolute atomic E-state index is 12.4. The van der Waals surface area contributed by atoms with Gasteiger partial charge in [0.05, 0.1) is 20.3 Å². The standard InChI is InChI=1S/C20H22O4/c1-13-4-5-15(14(2)8-13)6-7-19(23)16-9-17(11-21)18(12-22)20(10-16)24-3/h4-10,21-22H,11-12H2,1-3H3/b7-6+. The summed E-state index contributed by atoms with van der Waals surface area (Å²) in [5.74, 6) is 0.208. The highest BCUT2D eigenvalue weighted by Crippen LogP contribution is 2.26. The number of aryl methyl sites for hydroxylation is 2. The van der Waals surface area contributed by atoms with Gasteiger partial charge in [-0.1, -0.05) is 29.8 Å². The zero-order valence-corrected chi connectivity index (χ0v) is 14.2. The SMILES string of the molecule is COc1cc(C(=O)/C=C/c2ccc(C)cc2C)cc(CO)c1CO. The number of benzene rings is 2. The highest BCUT2D eigenvalue weighted by molar-refractivity contribution is 6.07. The Labute approximate surface area is 142 Å². The molecule has 24 heavy (non-hydrogen) atoms. The number of carbonyl (C=O) groups is 1. The topological polar surface area (TPSA) is 66.8 Å². The number of aliphatic hydroxyl groups is 2. The fourth-order valence-corrected chi connectivity index (χ4v) is 2.62. The van der Waals surface area contributed by atoms with Crippen LogP contribution in [0.25, 0.3) is 6.08 Å². The van der Waals surface area contributed by atoms with Crippen LogP contribution in [-0.2, 0) is 13.2 Å². The number of carbonyl (C=O) groups excluding carboxylic acids is 1. The van der Waals surface area contributed by atoms with Gasteiger partial charge in [-0.15, -0.1) is 0 Å². The van der Waals surface area contributed by atoms with Gasteiger partial charge in [-0.2, -0.15) is 0 Å². The van der Waals surface area contributed by atoms with Crippen LogP contribution in [0.1, 0.15) is 38.2 Å². The Morgan fingerprint density at radius 1 is 1.12 bits per heavy atom. The molecule has 2 N–H and O–H groups in total. The largest absolute Gasteiger partial charge is 0.496 e. The minimum Gasteiger partial charge on any atom is -0.496 e. The Morgan fingerprint density at radius 2 is 1.88 bits per heavy atom. The van der Waals surface area contributed by atoms with Crippen molar-refractivity contribution in [2.24, 2.45) is 0 Å². The molecule has 126 valence electrons. The van der Waals surface area contributed by atoms with E-state index in [4.69, 9.17) is 4.74 Å². The number of rotatable bonds is 6. The van der Waals surface area contributed by atoms with Crippen molar-refractivity contribution in [2.45, 2.75) is 27.1 Å². The van der Waals surface area contributed by atoms with Gasteiger partial charge in [0, 0.05) is 11.1 Å². The normalized spacial score (nSPS) is 11.0. The molecule has 0 radical (unpaired) electrons. The highest BCUT2D eigenvalue weighted by atomic mass is 16.5. The Kier molecular flexibility index (Phi) is 5.90. The summed E-state index contributed by atoms with van der Waals surface area (Å²) in [7, 11) is 1.47. The fraction of sp³-hybridized carbons (Fsp3) is 0.250. The Hall–Kier alpha value is -2.43. The third-order valence-electron chi connectivity index (χ3n) is 3.97. The van der Waals surface area contributed by atoms with Crippen molar-refractivity contribution in [3.8, 4) is 5.75 Å². The van der Waals surface area contributed by atoms with Gasteiger partial charge in [0.25, 0.3) is 0 Å². The molecule has 2 aromatic carbocycles. The van der Waals surface area contributed by atoms with E-state index in [0.717, 1.165) is 11.1 Å². The summed E-state index contributed by atoms with van der Waals surface area (Å²) >= 11 is 0. The molecule has 0 aliphatic carbocycles. The number of aliphatic hydroxyl groups excluding tert-OH is 2. The number of hydrogen-bond acceptors (Lipinski definition) is 4. The van der Waals surface area contributed by atoms with Crippen molar-refractivity contribution in [1.82, 2.24) is 0 Å². The van der Waals surface area contributed by atoms with Crippen molar-refractivity contribution in [3.05, 3.63) is 69.8 Å². The van der Waals surface area contributed by atoms with Crippen molar-refractivity contribution in [1.29, 1.82) is 0 Å². The number of ether oxygens (including phenoxy) is 1. The second-order valence-electron chi connectivity index (χ2n) is 5.69. The predicted octanol–water partition coefficient (Wildman–Crippen LogP) is 3.19. The van der Waals surface area contributed by atoms with Gasteiger partial charge >= 0.3 is 0 Å². The molecule has 0 spiro atoms. The predicted molar refractivity (Wildman–Crippen MR) is 94.1 cm³/mol. The molecular formula is C20H22O4. The summed E-state index contributed by atoms with van der Waals surface area (Å²) in [5.41, 5.74) is 4.65. The van der Waals surface area contributed by atoms with Crippen LogP contribution in [0.2, 0.25) is 0 Å². The first-order chi connectivity index (χ1) is 11.5. The lowest BCUT2D eigenvalue weighted by Gasteiger charge is -2.12. The molecule has 0 amide bonds. The van der Waals surface area contributed by atoms with Crippen molar-refractivity contribution in [3.63, 3.8) is 0 Å². The van der Waals surface area contributed by atoms with Crippen molar-refractivity contribution in [2.75, 3.05) is 7.11 Å². The molecule has 4 nitrogen and oxygen atoms in total. The van der Waals surface area contributed by atoms with E-state index in [1.165, 1.54) is 18.7 Å². The van der Waals surface area contributed by atoms with Crippen LogP contribution < -0.4 is 4.74 Å². The molecule has 0 aromatic heterocycles. The van der Waals surface area contributed by atoms with Crippen molar-refractivity contribution < 1.29 is 19.7 Å². The monoisotopic (exact) mass is 326 g/mol. The lowest BCUT2D eigenvalue weighted by molar-refractivity contribution is 0.104. The third kappa shape index (κ3) is 3.91. The lowest BCUT2D eigenvalue weighted by atomic mass is 9.99. The van der Waals surface area contributed by atoms with E-state index < -0.39 is 0 Å². The van der Waals surface area contributed by atoms with Gasteiger partial charge in [-0.05, 0) is 48.7 Å². The first kappa shape index (κ1) is 17.9.